The molecule has 0 radical (unpaired) electrons. The van der Waals surface area contributed by atoms with Gasteiger partial charge in [0.2, 0.25) is 11.8 Å². The summed E-state index contributed by atoms with van der Waals surface area (Å²) in [5.41, 5.74) is 1.20. The van der Waals surface area contributed by atoms with Gasteiger partial charge in [-0.15, -0.1) is 0 Å². The molecule has 28 heavy (non-hydrogen) atoms. The van der Waals surface area contributed by atoms with Gasteiger partial charge in [-0.25, -0.2) is 9.78 Å². The molecule has 1 atom stereocenters. The number of rotatable bonds is 6. The smallest absolute Gasteiger partial charge is 0.317 e. The molecule has 7 heteroatoms. The molecule has 4 rings (SSSR count). The maximum Gasteiger partial charge on any atom is 0.317 e. The molecule has 2 fully saturated rings. The molecule has 1 saturated heterocycles. The molecule has 2 aliphatic rings. The number of ether oxygens (including phenoxy) is 1. The van der Waals surface area contributed by atoms with E-state index in [1.807, 2.05) is 23.1 Å². The molecule has 0 bridgehead atoms. The predicted molar refractivity (Wildman–Crippen MR) is 107 cm³/mol. The molecule has 2 N–H and O–H groups in total. The monoisotopic (exact) mass is 381 g/mol. The Morgan fingerprint density at radius 2 is 1.89 bits per heavy atom. The van der Waals surface area contributed by atoms with Crippen molar-refractivity contribution in [1.82, 2.24) is 20.2 Å². The van der Waals surface area contributed by atoms with Crippen LogP contribution in [0.1, 0.15) is 37.3 Å². The van der Waals surface area contributed by atoms with E-state index in [1.165, 1.54) is 18.4 Å². The van der Waals surface area contributed by atoms with E-state index < -0.39 is 0 Å². The number of anilines is 1. The number of piperidine rings is 1. The van der Waals surface area contributed by atoms with Gasteiger partial charge in [0, 0.05) is 31.4 Å². The highest BCUT2D eigenvalue weighted by Crippen LogP contribution is 2.41. The lowest BCUT2D eigenvalue weighted by Gasteiger charge is -2.33. The van der Waals surface area contributed by atoms with Gasteiger partial charge < -0.3 is 20.3 Å². The quantitative estimate of drug-likeness (QED) is 0.803. The summed E-state index contributed by atoms with van der Waals surface area (Å²) in [4.78, 5) is 23.3. The topological polar surface area (TPSA) is 79.4 Å². The fourth-order valence-corrected chi connectivity index (χ4v) is 3.72. The molecule has 148 valence electrons. The Hall–Kier alpha value is -2.83. The van der Waals surface area contributed by atoms with Crippen LogP contribution in [0.25, 0.3) is 0 Å². The van der Waals surface area contributed by atoms with Gasteiger partial charge >= 0.3 is 6.03 Å². The Kier molecular flexibility index (Phi) is 5.60. The number of urea groups is 1. The Labute approximate surface area is 165 Å². The molecule has 1 aliphatic carbocycles. The number of aromatic nitrogens is 2. The fraction of sp³-hybridized carbons (Fsp3) is 0.476. The van der Waals surface area contributed by atoms with Crippen LogP contribution >= 0.6 is 0 Å². The van der Waals surface area contributed by atoms with Gasteiger partial charge in [-0.2, -0.15) is 4.98 Å². The molecular weight excluding hydrogens is 354 g/mol. The lowest BCUT2D eigenvalue weighted by atomic mass is 10.0. The largest absolute Gasteiger partial charge is 0.481 e. The number of hydrogen-bond acceptors (Lipinski definition) is 5. The molecule has 1 aromatic heterocycles. The molecule has 7 nitrogen and oxygen atoms in total. The van der Waals surface area contributed by atoms with Crippen molar-refractivity contribution >= 4 is 12.0 Å². The Bertz CT molecular complexity index is 788. The number of hydrogen-bond donors (Lipinski definition) is 2. The summed E-state index contributed by atoms with van der Waals surface area (Å²) >= 11 is 0. The van der Waals surface area contributed by atoms with Crippen molar-refractivity contribution in [2.45, 2.75) is 37.8 Å². The van der Waals surface area contributed by atoms with Crippen LogP contribution in [0.5, 0.6) is 5.88 Å². The highest BCUT2D eigenvalue weighted by Gasteiger charge is 2.34. The summed E-state index contributed by atoms with van der Waals surface area (Å²) < 4.78 is 5.14. The molecule has 1 aromatic carbocycles. The van der Waals surface area contributed by atoms with Crippen molar-refractivity contribution in [2.75, 3.05) is 25.5 Å². The number of nitrogens with one attached hydrogen (secondary N) is 2. The Balaban J connectivity index is 1.30. The zero-order chi connectivity index (χ0) is 19.3. The van der Waals surface area contributed by atoms with Crippen LogP contribution < -0.4 is 15.4 Å². The summed E-state index contributed by atoms with van der Waals surface area (Å²) in [5, 5.41) is 6.62. The number of carbonyl (C=O) groups is 1. The maximum atomic E-state index is 12.8. The van der Waals surface area contributed by atoms with E-state index in [1.54, 1.807) is 19.4 Å². The summed E-state index contributed by atoms with van der Waals surface area (Å²) in [6, 6.07) is 12.4. The van der Waals surface area contributed by atoms with Crippen molar-refractivity contribution in [3.8, 4) is 5.88 Å². The first-order chi connectivity index (χ1) is 13.7. The molecule has 1 saturated carbocycles. The van der Waals surface area contributed by atoms with Crippen LogP contribution in [0.4, 0.5) is 10.7 Å². The van der Waals surface area contributed by atoms with Gasteiger partial charge in [-0.1, -0.05) is 30.3 Å². The lowest BCUT2D eigenvalue weighted by Crippen LogP contribution is -2.48. The van der Waals surface area contributed by atoms with E-state index in [0.717, 1.165) is 25.9 Å². The number of likely N-dealkylation sites (tertiary alicyclic amines) is 1. The second-order valence-corrected chi connectivity index (χ2v) is 7.50. The van der Waals surface area contributed by atoms with E-state index in [2.05, 4.69) is 32.7 Å². The minimum Gasteiger partial charge on any atom is -0.481 e. The molecule has 2 heterocycles. The second kappa shape index (κ2) is 8.46. The normalized spacial score (nSPS) is 18.4. The number of carbonyl (C=O) groups excluding carboxylic acids is 1. The van der Waals surface area contributed by atoms with Crippen molar-refractivity contribution < 1.29 is 9.53 Å². The van der Waals surface area contributed by atoms with Gasteiger partial charge in [0.05, 0.1) is 13.2 Å². The SMILES string of the molecule is COc1ccnc(NC2CCN(C(=O)NC(c3ccccc3)C3CC3)CC2)n1. The van der Waals surface area contributed by atoms with Crippen LogP contribution in [-0.2, 0) is 0 Å². The van der Waals surface area contributed by atoms with E-state index in [9.17, 15) is 4.79 Å². The molecule has 0 spiro atoms. The first kappa shape index (κ1) is 18.5. The molecule has 2 aromatic rings. The van der Waals surface area contributed by atoms with Crippen molar-refractivity contribution in [1.29, 1.82) is 0 Å². The minimum absolute atomic E-state index is 0.0387. The predicted octanol–water partition coefficient (Wildman–Crippen LogP) is 3.22. The molecule has 1 aliphatic heterocycles. The average Bonchev–Trinajstić information content (AvgIpc) is 3.58. The highest BCUT2D eigenvalue weighted by atomic mass is 16.5. The lowest BCUT2D eigenvalue weighted by molar-refractivity contribution is 0.178. The summed E-state index contributed by atoms with van der Waals surface area (Å²) in [5.74, 6) is 1.68. The van der Waals surface area contributed by atoms with E-state index >= 15 is 0 Å². The van der Waals surface area contributed by atoms with Crippen molar-refractivity contribution in [3.05, 3.63) is 48.2 Å². The van der Waals surface area contributed by atoms with Crippen LogP contribution in [0, 0.1) is 5.92 Å². The first-order valence-corrected chi connectivity index (χ1v) is 9.97. The van der Waals surface area contributed by atoms with Crippen LogP contribution in [0.2, 0.25) is 0 Å². The molecule has 2 amide bonds. The van der Waals surface area contributed by atoms with Crippen LogP contribution in [-0.4, -0.2) is 47.1 Å². The van der Waals surface area contributed by atoms with E-state index in [-0.39, 0.29) is 18.1 Å². The summed E-state index contributed by atoms with van der Waals surface area (Å²) in [7, 11) is 1.59. The average molecular weight is 381 g/mol. The van der Waals surface area contributed by atoms with Crippen LogP contribution in [0.3, 0.4) is 0 Å². The van der Waals surface area contributed by atoms with Gasteiger partial charge in [0.1, 0.15) is 0 Å². The summed E-state index contributed by atoms with van der Waals surface area (Å²) in [6.07, 6.45) is 5.79. The minimum atomic E-state index is 0.0387. The van der Waals surface area contributed by atoms with E-state index in [0.29, 0.717) is 17.7 Å². The van der Waals surface area contributed by atoms with Crippen LogP contribution in [0.15, 0.2) is 42.6 Å². The third-order valence-corrected chi connectivity index (χ3v) is 5.49. The third-order valence-electron chi connectivity index (χ3n) is 5.49. The zero-order valence-electron chi connectivity index (χ0n) is 16.2. The number of methoxy groups -OCH3 is 1. The fourth-order valence-electron chi connectivity index (χ4n) is 3.72. The van der Waals surface area contributed by atoms with E-state index in [4.69, 9.17) is 4.74 Å². The Morgan fingerprint density at radius 1 is 1.14 bits per heavy atom. The number of benzene rings is 1. The Morgan fingerprint density at radius 3 is 2.57 bits per heavy atom. The summed E-state index contributed by atoms with van der Waals surface area (Å²) in [6.45, 7) is 1.44. The second-order valence-electron chi connectivity index (χ2n) is 7.50. The molecular formula is C21H27N5O2. The first-order valence-electron chi connectivity index (χ1n) is 9.97. The number of nitrogens with zero attached hydrogens (tertiary/aromatic N) is 3. The third kappa shape index (κ3) is 4.52. The van der Waals surface area contributed by atoms with Gasteiger partial charge in [-0.05, 0) is 37.2 Å². The molecule has 1 unspecified atom stereocenters. The highest BCUT2D eigenvalue weighted by molar-refractivity contribution is 5.75. The van der Waals surface area contributed by atoms with Crippen molar-refractivity contribution in [2.24, 2.45) is 5.92 Å². The van der Waals surface area contributed by atoms with Gasteiger partial charge in [0.25, 0.3) is 0 Å². The van der Waals surface area contributed by atoms with Gasteiger partial charge in [-0.3, -0.25) is 0 Å². The maximum absolute atomic E-state index is 12.8. The zero-order valence-corrected chi connectivity index (χ0v) is 16.2. The standard InChI is InChI=1S/C21H27N5O2/c1-28-18-9-12-22-20(24-18)23-17-10-13-26(14-11-17)21(27)25-19(16-7-8-16)15-5-3-2-4-6-15/h2-6,9,12,16-17,19H,7-8,10-11,13-14H2,1H3,(H,25,27)(H,22,23,24). The number of amides is 2. The van der Waals surface area contributed by atoms with Gasteiger partial charge in [0.15, 0.2) is 0 Å². The van der Waals surface area contributed by atoms with Crippen molar-refractivity contribution in [3.63, 3.8) is 0 Å².